The molecule has 2 fully saturated rings. The zero-order valence-electron chi connectivity index (χ0n) is 17.2. The summed E-state index contributed by atoms with van der Waals surface area (Å²) in [6, 6.07) is 9.97. The van der Waals surface area contributed by atoms with Gasteiger partial charge in [0.25, 0.3) is 0 Å². The van der Waals surface area contributed by atoms with Gasteiger partial charge in [0.15, 0.2) is 0 Å². The number of aromatic nitrogens is 1. The smallest absolute Gasteiger partial charge is 0.138 e. The topological polar surface area (TPSA) is 49.8 Å². The van der Waals surface area contributed by atoms with Crippen molar-refractivity contribution in [2.24, 2.45) is 5.16 Å². The molecule has 0 unspecified atom stereocenters. The van der Waals surface area contributed by atoms with Crippen molar-refractivity contribution in [2.75, 3.05) is 25.1 Å². The normalized spacial score (nSPS) is 19.6. The Bertz CT molecular complexity index is 821. The standard InChI is InChI=1S/C23H32N4O/c1-17-8-9-22-18(14-17)15-19(16-24-28-2)23(26-22)27-12-10-21(11-13-27)25-20-6-4-3-5-7-20/h8-9,14-16,20-21,25H,3-7,10-13H2,1-2H3/b24-16+. The van der Waals surface area contributed by atoms with Gasteiger partial charge in [0.05, 0.1) is 11.7 Å². The lowest BCUT2D eigenvalue weighted by molar-refractivity contribution is 0.215. The molecule has 1 saturated heterocycles. The molecule has 1 N–H and O–H groups in total. The zero-order chi connectivity index (χ0) is 19.3. The molecule has 28 heavy (non-hydrogen) atoms. The van der Waals surface area contributed by atoms with E-state index in [1.807, 2.05) is 0 Å². The number of nitrogens with zero attached hydrogens (tertiary/aromatic N) is 3. The van der Waals surface area contributed by atoms with Gasteiger partial charge in [0.2, 0.25) is 0 Å². The number of hydrogen-bond donors (Lipinski definition) is 1. The van der Waals surface area contributed by atoms with Gasteiger partial charge in [-0.3, -0.25) is 0 Å². The van der Waals surface area contributed by atoms with Gasteiger partial charge in [-0.2, -0.15) is 0 Å². The van der Waals surface area contributed by atoms with Crippen molar-refractivity contribution in [2.45, 2.75) is 64.0 Å². The monoisotopic (exact) mass is 380 g/mol. The van der Waals surface area contributed by atoms with Gasteiger partial charge < -0.3 is 15.1 Å². The molecule has 1 aromatic heterocycles. The first-order valence-electron chi connectivity index (χ1n) is 10.7. The highest BCUT2D eigenvalue weighted by atomic mass is 16.6. The first-order valence-corrected chi connectivity index (χ1v) is 10.7. The number of hydrogen-bond acceptors (Lipinski definition) is 5. The van der Waals surface area contributed by atoms with Crippen LogP contribution in [0.15, 0.2) is 29.4 Å². The fraction of sp³-hybridized carbons (Fsp3) is 0.565. The van der Waals surface area contributed by atoms with Crippen molar-refractivity contribution in [3.8, 4) is 0 Å². The van der Waals surface area contributed by atoms with E-state index in [-0.39, 0.29) is 0 Å². The fourth-order valence-electron chi connectivity index (χ4n) is 4.62. The van der Waals surface area contributed by atoms with Crippen LogP contribution in [-0.2, 0) is 4.84 Å². The number of benzene rings is 1. The minimum absolute atomic E-state index is 0.638. The molecule has 1 saturated carbocycles. The summed E-state index contributed by atoms with van der Waals surface area (Å²) in [6.45, 7) is 4.17. The molecule has 1 aliphatic heterocycles. The maximum Gasteiger partial charge on any atom is 0.138 e. The molecule has 0 radical (unpaired) electrons. The number of anilines is 1. The van der Waals surface area contributed by atoms with Crippen LogP contribution in [0.4, 0.5) is 5.82 Å². The third-order valence-electron chi connectivity index (χ3n) is 6.15. The van der Waals surface area contributed by atoms with E-state index in [9.17, 15) is 0 Å². The Morgan fingerprint density at radius 1 is 1.07 bits per heavy atom. The van der Waals surface area contributed by atoms with Crippen LogP contribution in [0.3, 0.4) is 0 Å². The Morgan fingerprint density at radius 2 is 1.82 bits per heavy atom. The summed E-state index contributed by atoms with van der Waals surface area (Å²) in [5.74, 6) is 1.02. The maximum atomic E-state index is 4.99. The third-order valence-corrected chi connectivity index (χ3v) is 6.15. The van der Waals surface area contributed by atoms with E-state index < -0.39 is 0 Å². The van der Waals surface area contributed by atoms with E-state index in [0.29, 0.717) is 6.04 Å². The van der Waals surface area contributed by atoms with Crippen LogP contribution in [0.2, 0.25) is 0 Å². The number of oxime groups is 1. The molecule has 0 spiro atoms. The predicted molar refractivity (Wildman–Crippen MR) is 116 cm³/mol. The lowest BCUT2D eigenvalue weighted by Gasteiger charge is -2.36. The number of piperidine rings is 1. The third kappa shape index (κ3) is 4.46. The van der Waals surface area contributed by atoms with E-state index in [1.54, 1.807) is 13.3 Å². The second-order valence-corrected chi connectivity index (χ2v) is 8.28. The molecule has 1 aliphatic carbocycles. The average molecular weight is 381 g/mol. The molecule has 4 rings (SSSR count). The Balaban J connectivity index is 1.50. The molecule has 0 atom stereocenters. The number of aryl methyl sites for hydroxylation is 1. The van der Waals surface area contributed by atoms with E-state index in [0.717, 1.165) is 41.4 Å². The van der Waals surface area contributed by atoms with Gasteiger partial charge in [-0.15, -0.1) is 0 Å². The van der Waals surface area contributed by atoms with E-state index in [4.69, 9.17) is 9.82 Å². The van der Waals surface area contributed by atoms with Gasteiger partial charge in [-0.25, -0.2) is 4.98 Å². The Labute approximate surface area is 168 Å². The molecular weight excluding hydrogens is 348 g/mol. The summed E-state index contributed by atoms with van der Waals surface area (Å²) in [6.07, 6.45) is 11.0. The van der Waals surface area contributed by atoms with Crippen LogP contribution in [0.5, 0.6) is 0 Å². The lowest BCUT2D eigenvalue weighted by Crippen LogP contribution is -2.47. The van der Waals surface area contributed by atoms with Crippen LogP contribution < -0.4 is 10.2 Å². The molecule has 2 aromatic rings. The summed E-state index contributed by atoms with van der Waals surface area (Å²) >= 11 is 0. The van der Waals surface area contributed by atoms with Crippen molar-refractivity contribution < 1.29 is 4.84 Å². The molecule has 1 aromatic carbocycles. The molecular formula is C23H32N4O. The summed E-state index contributed by atoms with van der Waals surface area (Å²) in [7, 11) is 1.58. The van der Waals surface area contributed by atoms with Crippen LogP contribution in [-0.4, -0.2) is 43.5 Å². The molecule has 0 bridgehead atoms. The SMILES string of the molecule is CO/N=C/c1cc2cc(C)ccc2nc1N1CCC(NC2CCCCC2)CC1. The highest BCUT2D eigenvalue weighted by Crippen LogP contribution is 2.27. The van der Waals surface area contributed by atoms with Gasteiger partial charge in [-0.1, -0.05) is 36.0 Å². The van der Waals surface area contributed by atoms with Crippen molar-refractivity contribution >= 4 is 22.9 Å². The highest BCUT2D eigenvalue weighted by Gasteiger charge is 2.24. The van der Waals surface area contributed by atoms with Crippen LogP contribution in [0.25, 0.3) is 10.9 Å². The van der Waals surface area contributed by atoms with Gasteiger partial charge in [0.1, 0.15) is 12.9 Å². The lowest BCUT2D eigenvalue weighted by atomic mass is 9.93. The highest BCUT2D eigenvalue weighted by molar-refractivity contribution is 5.93. The molecule has 2 aliphatic rings. The van der Waals surface area contributed by atoms with Crippen molar-refractivity contribution in [3.05, 3.63) is 35.4 Å². The quantitative estimate of drug-likeness (QED) is 0.616. The maximum absolute atomic E-state index is 4.99. The van der Waals surface area contributed by atoms with E-state index in [1.165, 1.54) is 50.5 Å². The Kier molecular flexibility index (Phi) is 6.10. The molecule has 2 heterocycles. The zero-order valence-corrected chi connectivity index (χ0v) is 17.2. The first-order chi connectivity index (χ1) is 13.7. The number of fused-ring (bicyclic) bond motifs is 1. The molecule has 0 amide bonds. The Hall–Kier alpha value is -2.14. The van der Waals surface area contributed by atoms with Crippen molar-refractivity contribution in [1.29, 1.82) is 0 Å². The average Bonchev–Trinajstić information content (AvgIpc) is 2.73. The number of pyridine rings is 1. The van der Waals surface area contributed by atoms with E-state index >= 15 is 0 Å². The number of nitrogens with one attached hydrogen (secondary N) is 1. The molecule has 5 nitrogen and oxygen atoms in total. The van der Waals surface area contributed by atoms with E-state index in [2.05, 4.69) is 46.6 Å². The minimum atomic E-state index is 0.638. The van der Waals surface area contributed by atoms with Crippen LogP contribution in [0.1, 0.15) is 56.1 Å². The second kappa shape index (κ2) is 8.91. The predicted octanol–water partition coefficient (Wildman–Crippen LogP) is 4.41. The largest absolute Gasteiger partial charge is 0.399 e. The molecule has 150 valence electrons. The summed E-state index contributed by atoms with van der Waals surface area (Å²) in [5.41, 5.74) is 3.31. The molecule has 5 heteroatoms. The summed E-state index contributed by atoms with van der Waals surface area (Å²) in [5, 5.41) is 9.08. The minimum Gasteiger partial charge on any atom is -0.399 e. The van der Waals surface area contributed by atoms with Crippen molar-refractivity contribution in [3.63, 3.8) is 0 Å². The van der Waals surface area contributed by atoms with Crippen LogP contribution >= 0.6 is 0 Å². The van der Waals surface area contributed by atoms with Gasteiger partial charge >= 0.3 is 0 Å². The fourth-order valence-corrected chi connectivity index (χ4v) is 4.62. The Morgan fingerprint density at radius 3 is 2.57 bits per heavy atom. The number of rotatable bonds is 5. The second-order valence-electron chi connectivity index (χ2n) is 8.28. The van der Waals surface area contributed by atoms with Crippen molar-refractivity contribution in [1.82, 2.24) is 10.3 Å². The summed E-state index contributed by atoms with van der Waals surface area (Å²) in [4.78, 5) is 12.3. The van der Waals surface area contributed by atoms with Gasteiger partial charge in [-0.05, 0) is 50.8 Å². The van der Waals surface area contributed by atoms with Gasteiger partial charge in [0, 0.05) is 36.1 Å². The van der Waals surface area contributed by atoms with Crippen LogP contribution in [0, 0.1) is 6.92 Å². The first kappa shape index (κ1) is 19.2. The summed E-state index contributed by atoms with van der Waals surface area (Å²) < 4.78 is 0.